The van der Waals surface area contributed by atoms with Gasteiger partial charge >= 0.3 is 12.0 Å². The number of para-hydroxylation sites is 1. The minimum absolute atomic E-state index is 0.185. The van der Waals surface area contributed by atoms with E-state index in [4.69, 9.17) is 10.8 Å². The number of nitrogens with one attached hydrogen (secondary N) is 1. The summed E-state index contributed by atoms with van der Waals surface area (Å²) in [6.45, 7) is 0. The summed E-state index contributed by atoms with van der Waals surface area (Å²) in [5.74, 6) is -1.04. The van der Waals surface area contributed by atoms with Gasteiger partial charge in [-0.05, 0) is 22.1 Å². The van der Waals surface area contributed by atoms with E-state index in [2.05, 4.69) is 33.5 Å². The van der Waals surface area contributed by atoms with E-state index >= 15 is 0 Å². The number of carboxylic acids is 1. The molecule has 0 aliphatic carbocycles. The van der Waals surface area contributed by atoms with E-state index in [1.807, 2.05) is 0 Å². The molecule has 0 radical (unpaired) electrons. The first-order valence-electron chi connectivity index (χ1n) is 5.37. The van der Waals surface area contributed by atoms with Crippen LogP contribution in [0.25, 0.3) is 5.69 Å². The number of carbonyl (C=O) groups excluding carboxylic acids is 1. The summed E-state index contributed by atoms with van der Waals surface area (Å²) < 4.78 is 1.25. The van der Waals surface area contributed by atoms with Crippen molar-refractivity contribution >= 4 is 30.3 Å². The molecule has 104 valence electrons. The molecule has 1 heterocycles. The minimum Gasteiger partial charge on any atom is -0.481 e. The summed E-state index contributed by atoms with van der Waals surface area (Å²) in [6, 6.07) is 3.96. The van der Waals surface area contributed by atoms with Gasteiger partial charge in [0.2, 0.25) is 5.16 Å². The van der Waals surface area contributed by atoms with Gasteiger partial charge in [0, 0.05) is 0 Å². The van der Waals surface area contributed by atoms with Gasteiger partial charge in [-0.2, -0.15) is 4.68 Å². The molecule has 2 amide bonds. The number of carbonyl (C=O) groups is 2. The Hall–Kier alpha value is -2.62. The van der Waals surface area contributed by atoms with Crippen LogP contribution < -0.4 is 11.1 Å². The van der Waals surface area contributed by atoms with Crippen molar-refractivity contribution in [2.45, 2.75) is 11.6 Å². The first-order valence-corrected chi connectivity index (χ1v) is 5.81. The van der Waals surface area contributed by atoms with E-state index in [-0.39, 0.29) is 17.3 Å². The Balaban J connectivity index is 2.58. The molecule has 0 saturated carbocycles. The van der Waals surface area contributed by atoms with Gasteiger partial charge in [-0.3, -0.25) is 4.79 Å². The zero-order chi connectivity index (χ0) is 14.7. The number of rotatable bonds is 4. The largest absolute Gasteiger partial charge is 0.481 e. The molecule has 0 aliphatic heterocycles. The van der Waals surface area contributed by atoms with Crippen LogP contribution in [0, 0.1) is 0 Å². The molecule has 0 aliphatic rings. The second-order valence-corrected chi connectivity index (χ2v) is 4.16. The van der Waals surface area contributed by atoms with Gasteiger partial charge in [0.05, 0.1) is 17.8 Å². The van der Waals surface area contributed by atoms with Gasteiger partial charge in [-0.25, -0.2) is 4.79 Å². The first-order chi connectivity index (χ1) is 9.49. The smallest absolute Gasteiger partial charge is 0.316 e. The number of carboxylic acid groups (broad SMARTS) is 1. The third-order valence-corrected chi connectivity index (χ3v) is 2.68. The zero-order valence-electron chi connectivity index (χ0n) is 10.0. The van der Waals surface area contributed by atoms with Crippen molar-refractivity contribution in [1.82, 2.24) is 20.2 Å². The van der Waals surface area contributed by atoms with Gasteiger partial charge in [0.15, 0.2) is 0 Å². The number of nitrogens with zero attached hydrogens (tertiary/aromatic N) is 4. The lowest BCUT2D eigenvalue weighted by atomic mass is 10.1. The Morgan fingerprint density at radius 1 is 1.45 bits per heavy atom. The van der Waals surface area contributed by atoms with Gasteiger partial charge in [0.25, 0.3) is 0 Å². The van der Waals surface area contributed by atoms with E-state index in [0.717, 1.165) is 0 Å². The van der Waals surface area contributed by atoms with E-state index in [1.54, 1.807) is 18.2 Å². The van der Waals surface area contributed by atoms with E-state index in [0.29, 0.717) is 11.3 Å². The molecule has 4 N–H and O–H groups in total. The van der Waals surface area contributed by atoms with Gasteiger partial charge in [-0.1, -0.05) is 12.1 Å². The number of thiol groups is 1. The van der Waals surface area contributed by atoms with Crippen LogP contribution in [0.4, 0.5) is 10.5 Å². The molecule has 0 spiro atoms. The van der Waals surface area contributed by atoms with Crippen molar-refractivity contribution < 1.29 is 14.7 Å². The third kappa shape index (κ3) is 2.85. The van der Waals surface area contributed by atoms with Gasteiger partial charge in [0.1, 0.15) is 0 Å². The quantitative estimate of drug-likeness (QED) is 0.589. The lowest BCUT2D eigenvalue weighted by Gasteiger charge is -2.13. The normalized spacial score (nSPS) is 10.2. The maximum Gasteiger partial charge on any atom is 0.316 e. The van der Waals surface area contributed by atoms with Crippen LogP contribution in [0.1, 0.15) is 5.56 Å². The number of aromatic nitrogens is 4. The summed E-state index contributed by atoms with van der Waals surface area (Å²) in [5, 5.41) is 22.2. The van der Waals surface area contributed by atoms with Crippen molar-refractivity contribution in [2.75, 3.05) is 5.32 Å². The van der Waals surface area contributed by atoms with Crippen molar-refractivity contribution in [1.29, 1.82) is 0 Å². The van der Waals surface area contributed by atoms with Crippen molar-refractivity contribution in [3.63, 3.8) is 0 Å². The average Bonchev–Trinajstić information content (AvgIpc) is 2.76. The van der Waals surface area contributed by atoms with Crippen molar-refractivity contribution in [3.05, 3.63) is 23.8 Å². The molecular formula is C10H10N6O3S. The van der Waals surface area contributed by atoms with Crippen molar-refractivity contribution in [3.8, 4) is 5.69 Å². The van der Waals surface area contributed by atoms with Crippen LogP contribution in [-0.4, -0.2) is 37.3 Å². The zero-order valence-corrected chi connectivity index (χ0v) is 10.9. The van der Waals surface area contributed by atoms with Gasteiger partial charge < -0.3 is 16.2 Å². The van der Waals surface area contributed by atoms with Crippen LogP contribution in [0.5, 0.6) is 0 Å². The Bertz CT molecular complexity index is 671. The third-order valence-electron chi connectivity index (χ3n) is 2.40. The second-order valence-electron chi connectivity index (χ2n) is 3.76. The maximum absolute atomic E-state index is 11.1. The molecule has 1 aromatic carbocycles. The first kappa shape index (κ1) is 13.8. The SMILES string of the molecule is NC(=O)Nc1c(CC(=O)O)cccc1-n1nnnc1S. The number of anilines is 1. The summed E-state index contributed by atoms with van der Waals surface area (Å²) in [4.78, 5) is 22.0. The highest BCUT2D eigenvalue weighted by Gasteiger charge is 2.16. The average molecular weight is 294 g/mol. The fourth-order valence-electron chi connectivity index (χ4n) is 1.68. The molecular weight excluding hydrogens is 284 g/mol. The number of aliphatic carboxylic acids is 1. The number of tetrazole rings is 1. The summed E-state index contributed by atoms with van der Waals surface area (Å²) >= 11 is 4.07. The van der Waals surface area contributed by atoms with Crippen LogP contribution in [-0.2, 0) is 11.2 Å². The van der Waals surface area contributed by atoms with Crippen LogP contribution >= 0.6 is 12.6 Å². The molecule has 0 unspecified atom stereocenters. The van der Waals surface area contributed by atoms with Crippen LogP contribution in [0.15, 0.2) is 23.4 Å². The summed E-state index contributed by atoms with van der Waals surface area (Å²) in [5.41, 5.74) is 6.08. The van der Waals surface area contributed by atoms with E-state index in [1.165, 1.54) is 4.68 Å². The van der Waals surface area contributed by atoms with E-state index in [9.17, 15) is 9.59 Å². The number of hydrogen-bond donors (Lipinski definition) is 4. The number of amides is 2. The van der Waals surface area contributed by atoms with E-state index < -0.39 is 12.0 Å². The Morgan fingerprint density at radius 3 is 2.75 bits per heavy atom. The molecule has 0 fully saturated rings. The molecule has 0 bridgehead atoms. The Labute approximate surface area is 118 Å². The van der Waals surface area contributed by atoms with Crippen molar-refractivity contribution in [2.24, 2.45) is 5.73 Å². The molecule has 10 heteroatoms. The van der Waals surface area contributed by atoms with Crippen LogP contribution in [0.2, 0.25) is 0 Å². The number of primary amides is 1. The van der Waals surface area contributed by atoms with Crippen LogP contribution in [0.3, 0.4) is 0 Å². The monoisotopic (exact) mass is 294 g/mol. The second kappa shape index (κ2) is 5.57. The Morgan fingerprint density at radius 2 is 2.20 bits per heavy atom. The fraction of sp³-hybridized carbons (Fsp3) is 0.100. The number of hydrogen-bond acceptors (Lipinski definition) is 6. The molecule has 20 heavy (non-hydrogen) atoms. The number of urea groups is 1. The predicted molar refractivity (Wildman–Crippen MR) is 71.0 cm³/mol. The highest BCUT2D eigenvalue weighted by atomic mass is 32.1. The summed E-state index contributed by atoms with van der Waals surface area (Å²) in [7, 11) is 0. The molecule has 0 saturated heterocycles. The maximum atomic E-state index is 11.1. The summed E-state index contributed by atoms with van der Waals surface area (Å²) in [6.07, 6.45) is -0.284. The lowest BCUT2D eigenvalue weighted by molar-refractivity contribution is -0.136. The number of nitrogens with two attached hydrogens (primary N) is 1. The standard InChI is InChI=1S/C10H10N6O3S/c11-9(19)12-8-5(4-7(17)18)2-1-3-6(8)16-10(20)13-14-15-16/h1-3H,4H2,(H,17,18)(H3,11,12,19)(H,13,15,20). The predicted octanol–water partition coefficient (Wildman–Crippen LogP) is 0.0687. The fourth-order valence-corrected chi connectivity index (χ4v) is 1.87. The molecule has 2 rings (SSSR count). The highest BCUT2D eigenvalue weighted by molar-refractivity contribution is 7.80. The number of benzene rings is 1. The highest BCUT2D eigenvalue weighted by Crippen LogP contribution is 2.26. The Kier molecular flexibility index (Phi) is 3.84. The molecule has 1 aromatic heterocycles. The molecule has 0 atom stereocenters. The molecule has 9 nitrogen and oxygen atoms in total. The topological polar surface area (TPSA) is 136 Å². The lowest BCUT2D eigenvalue weighted by Crippen LogP contribution is -2.22. The van der Waals surface area contributed by atoms with Gasteiger partial charge in [-0.15, -0.1) is 17.7 Å². The molecule has 2 aromatic rings. The minimum atomic E-state index is -1.04.